The second-order valence-corrected chi connectivity index (χ2v) is 7.27. The van der Waals surface area contributed by atoms with E-state index in [0.29, 0.717) is 29.5 Å². The van der Waals surface area contributed by atoms with Crippen LogP contribution < -0.4 is 10.6 Å². The molecule has 0 atom stereocenters. The predicted octanol–water partition coefficient (Wildman–Crippen LogP) is 4.93. The summed E-state index contributed by atoms with van der Waals surface area (Å²) in [6, 6.07) is 25.0. The topological polar surface area (TPSA) is 97.1 Å². The van der Waals surface area contributed by atoms with Crippen LogP contribution in [0.5, 0.6) is 0 Å². The number of aryl methyl sites for hydroxylation is 1. The number of aromatic nitrogens is 2. The van der Waals surface area contributed by atoms with Gasteiger partial charge in [0, 0.05) is 36.7 Å². The lowest BCUT2D eigenvalue weighted by Crippen LogP contribution is -2.13. The number of benzene rings is 3. The fraction of sp³-hybridized carbons (Fsp3) is 0.120. The van der Waals surface area contributed by atoms with Crippen LogP contribution in [0.15, 0.2) is 83.4 Å². The Bertz CT molecular complexity index is 1220. The van der Waals surface area contributed by atoms with Crippen LogP contribution in [-0.2, 0) is 16.0 Å². The molecule has 0 aliphatic carbocycles. The molecule has 4 aromatic rings. The van der Waals surface area contributed by atoms with E-state index in [0.717, 1.165) is 16.7 Å². The molecule has 3 aromatic carbocycles. The van der Waals surface area contributed by atoms with E-state index in [1.165, 1.54) is 6.92 Å². The van der Waals surface area contributed by atoms with Gasteiger partial charge >= 0.3 is 0 Å². The third-order valence-electron chi connectivity index (χ3n) is 4.75. The van der Waals surface area contributed by atoms with Crippen LogP contribution in [0.2, 0.25) is 0 Å². The van der Waals surface area contributed by atoms with Gasteiger partial charge in [-0.2, -0.15) is 4.98 Å². The Labute approximate surface area is 185 Å². The summed E-state index contributed by atoms with van der Waals surface area (Å²) >= 11 is 0. The van der Waals surface area contributed by atoms with Gasteiger partial charge in [-0.25, -0.2) is 0 Å². The maximum absolute atomic E-state index is 12.3. The van der Waals surface area contributed by atoms with Gasteiger partial charge in [0.05, 0.1) is 0 Å². The molecule has 2 N–H and O–H groups in total. The molecule has 2 amide bonds. The van der Waals surface area contributed by atoms with Crippen molar-refractivity contribution in [3.8, 4) is 22.5 Å². The Morgan fingerprint density at radius 3 is 2.19 bits per heavy atom. The minimum Gasteiger partial charge on any atom is -0.339 e. The summed E-state index contributed by atoms with van der Waals surface area (Å²) in [5.74, 6) is 0.532. The predicted molar refractivity (Wildman–Crippen MR) is 123 cm³/mol. The molecule has 0 aliphatic rings. The third kappa shape index (κ3) is 5.46. The van der Waals surface area contributed by atoms with E-state index < -0.39 is 0 Å². The molecular weight excluding hydrogens is 404 g/mol. The molecule has 1 heterocycles. The summed E-state index contributed by atoms with van der Waals surface area (Å²) in [5, 5.41) is 9.52. The average molecular weight is 426 g/mol. The minimum absolute atomic E-state index is 0.171. The van der Waals surface area contributed by atoms with E-state index >= 15 is 0 Å². The van der Waals surface area contributed by atoms with Crippen molar-refractivity contribution < 1.29 is 14.1 Å². The first-order valence-electron chi connectivity index (χ1n) is 10.2. The van der Waals surface area contributed by atoms with Gasteiger partial charge in [-0.15, -0.1) is 0 Å². The van der Waals surface area contributed by atoms with Crippen LogP contribution in [0.25, 0.3) is 22.5 Å². The number of amides is 2. The van der Waals surface area contributed by atoms with E-state index in [2.05, 4.69) is 32.9 Å². The maximum Gasteiger partial charge on any atom is 0.227 e. The van der Waals surface area contributed by atoms with E-state index in [4.69, 9.17) is 4.52 Å². The van der Waals surface area contributed by atoms with Gasteiger partial charge in [-0.05, 0) is 29.3 Å². The highest BCUT2D eigenvalue weighted by Crippen LogP contribution is 2.23. The van der Waals surface area contributed by atoms with Crippen molar-refractivity contribution in [2.24, 2.45) is 0 Å². The van der Waals surface area contributed by atoms with Crippen molar-refractivity contribution in [2.45, 2.75) is 19.8 Å². The lowest BCUT2D eigenvalue weighted by atomic mass is 10.0. The Morgan fingerprint density at radius 1 is 0.812 bits per heavy atom. The number of hydrogen-bond donors (Lipinski definition) is 2. The Kier molecular flexibility index (Phi) is 6.36. The molecule has 0 bridgehead atoms. The Morgan fingerprint density at radius 2 is 1.47 bits per heavy atom. The van der Waals surface area contributed by atoms with Gasteiger partial charge in [-0.3, -0.25) is 9.59 Å². The molecule has 0 aliphatic heterocycles. The molecule has 7 heteroatoms. The smallest absolute Gasteiger partial charge is 0.227 e. The zero-order valence-electron chi connectivity index (χ0n) is 17.5. The largest absolute Gasteiger partial charge is 0.339 e. The first-order valence-corrected chi connectivity index (χ1v) is 10.2. The highest BCUT2D eigenvalue weighted by atomic mass is 16.5. The minimum atomic E-state index is -0.183. The van der Waals surface area contributed by atoms with Gasteiger partial charge in [-0.1, -0.05) is 65.8 Å². The molecular formula is C25H22N4O3. The highest BCUT2D eigenvalue weighted by Gasteiger charge is 2.11. The van der Waals surface area contributed by atoms with Crippen molar-refractivity contribution >= 4 is 23.2 Å². The van der Waals surface area contributed by atoms with Crippen molar-refractivity contribution in [3.05, 3.63) is 84.8 Å². The Hall–Kier alpha value is -4.26. The quantitative estimate of drug-likeness (QED) is 0.437. The molecule has 32 heavy (non-hydrogen) atoms. The van der Waals surface area contributed by atoms with Crippen molar-refractivity contribution in [2.75, 3.05) is 10.6 Å². The van der Waals surface area contributed by atoms with Crippen LogP contribution >= 0.6 is 0 Å². The summed E-state index contributed by atoms with van der Waals surface area (Å²) in [7, 11) is 0. The Balaban J connectivity index is 1.33. The number of hydrogen-bond acceptors (Lipinski definition) is 5. The van der Waals surface area contributed by atoms with Gasteiger partial charge in [0.1, 0.15) is 0 Å². The van der Waals surface area contributed by atoms with Crippen molar-refractivity contribution in [1.29, 1.82) is 0 Å². The van der Waals surface area contributed by atoms with Crippen LogP contribution in [0.1, 0.15) is 19.2 Å². The molecule has 7 nitrogen and oxygen atoms in total. The number of rotatable bonds is 7. The fourth-order valence-corrected chi connectivity index (χ4v) is 3.24. The van der Waals surface area contributed by atoms with Crippen molar-refractivity contribution in [1.82, 2.24) is 10.1 Å². The lowest BCUT2D eigenvalue weighted by molar-refractivity contribution is -0.116. The molecule has 0 radical (unpaired) electrons. The fourth-order valence-electron chi connectivity index (χ4n) is 3.24. The van der Waals surface area contributed by atoms with Gasteiger partial charge < -0.3 is 15.2 Å². The second-order valence-electron chi connectivity index (χ2n) is 7.27. The number of carbonyl (C=O) groups excluding carboxylic acids is 2. The van der Waals surface area contributed by atoms with E-state index in [1.807, 2.05) is 42.5 Å². The monoisotopic (exact) mass is 426 g/mol. The highest BCUT2D eigenvalue weighted by molar-refractivity contribution is 5.93. The first-order chi connectivity index (χ1) is 15.6. The normalized spacial score (nSPS) is 10.5. The summed E-state index contributed by atoms with van der Waals surface area (Å²) in [5.41, 5.74) is 4.32. The molecule has 1 aromatic heterocycles. The van der Waals surface area contributed by atoms with Gasteiger partial charge in [0.25, 0.3) is 0 Å². The summed E-state index contributed by atoms with van der Waals surface area (Å²) in [6.45, 7) is 1.43. The van der Waals surface area contributed by atoms with E-state index in [-0.39, 0.29) is 18.2 Å². The summed E-state index contributed by atoms with van der Waals surface area (Å²) in [6.07, 6.45) is 0.519. The lowest BCUT2D eigenvalue weighted by Gasteiger charge is -2.07. The molecule has 0 saturated carbocycles. The summed E-state index contributed by atoms with van der Waals surface area (Å²) < 4.78 is 5.31. The maximum atomic E-state index is 12.3. The number of nitrogens with one attached hydrogen (secondary N) is 2. The van der Waals surface area contributed by atoms with Crippen LogP contribution in [0.3, 0.4) is 0 Å². The zero-order valence-corrected chi connectivity index (χ0v) is 17.5. The number of nitrogens with zero attached hydrogens (tertiary/aromatic N) is 2. The standard InChI is InChI=1S/C25H22N4O3/c1-17(30)26-21-8-5-9-22(16-21)27-23(31)14-15-24-28-25(29-32-24)20-12-10-19(11-13-20)18-6-3-2-4-7-18/h2-13,16H,14-15H2,1H3,(H,26,30)(H,27,31). The molecule has 160 valence electrons. The van der Waals surface area contributed by atoms with Gasteiger partial charge in [0.15, 0.2) is 0 Å². The molecule has 0 spiro atoms. The first kappa shape index (κ1) is 21.0. The molecule has 4 rings (SSSR count). The van der Waals surface area contributed by atoms with E-state index in [1.54, 1.807) is 24.3 Å². The third-order valence-corrected chi connectivity index (χ3v) is 4.75. The number of carbonyl (C=O) groups is 2. The molecule has 0 fully saturated rings. The zero-order chi connectivity index (χ0) is 22.3. The molecule has 0 unspecified atom stereocenters. The average Bonchev–Trinajstić information content (AvgIpc) is 3.27. The number of anilines is 2. The van der Waals surface area contributed by atoms with E-state index in [9.17, 15) is 9.59 Å². The SMILES string of the molecule is CC(=O)Nc1cccc(NC(=O)CCc2nc(-c3ccc(-c4ccccc4)cc3)no2)c1. The van der Waals surface area contributed by atoms with Crippen LogP contribution in [0.4, 0.5) is 11.4 Å². The second kappa shape index (κ2) is 9.70. The van der Waals surface area contributed by atoms with Crippen LogP contribution in [0, 0.1) is 0 Å². The van der Waals surface area contributed by atoms with Crippen LogP contribution in [-0.4, -0.2) is 22.0 Å². The van der Waals surface area contributed by atoms with Crippen molar-refractivity contribution in [3.63, 3.8) is 0 Å². The molecule has 0 saturated heterocycles. The summed E-state index contributed by atoms with van der Waals surface area (Å²) in [4.78, 5) is 27.9. The van der Waals surface area contributed by atoms with Gasteiger partial charge in [0.2, 0.25) is 23.5 Å².